The summed E-state index contributed by atoms with van der Waals surface area (Å²) in [5.41, 5.74) is 2.95. The van der Waals surface area contributed by atoms with Crippen LogP contribution in [0.25, 0.3) is 0 Å². The number of ether oxygens (including phenoxy) is 2. The molecule has 2 atom stereocenters. The molecule has 5 N–H and O–H groups in total. The first-order chi connectivity index (χ1) is 30.3. The van der Waals surface area contributed by atoms with Crippen molar-refractivity contribution in [1.29, 1.82) is 0 Å². The number of carbonyl (C=O) groups excluding carboxylic acids is 3. The van der Waals surface area contributed by atoms with Crippen molar-refractivity contribution in [2.75, 3.05) is 38.2 Å². The van der Waals surface area contributed by atoms with Crippen molar-refractivity contribution in [2.45, 2.75) is 90.7 Å². The van der Waals surface area contributed by atoms with Crippen LogP contribution >= 0.6 is 7.60 Å². The molecule has 0 aromatic heterocycles. The predicted octanol–water partition coefficient (Wildman–Crippen LogP) is 9.24. The highest BCUT2D eigenvalue weighted by Gasteiger charge is 2.37. The molecule has 4 amide bonds. The summed E-state index contributed by atoms with van der Waals surface area (Å²) in [7, 11) is -3.62. The Hall–Kier alpha value is -5.71. The second kappa shape index (κ2) is 26.0. The van der Waals surface area contributed by atoms with Crippen LogP contribution in [0.5, 0.6) is 5.75 Å². The molecular formula is C48H61FN5O8P. The highest BCUT2D eigenvalue weighted by molar-refractivity contribution is 7.54. The van der Waals surface area contributed by atoms with Gasteiger partial charge in [-0.25, -0.2) is 14.0 Å². The maximum absolute atomic E-state index is 14.0. The molecule has 0 aliphatic heterocycles. The summed E-state index contributed by atoms with van der Waals surface area (Å²) in [4.78, 5) is 38.4. The molecule has 4 aromatic carbocycles. The van der Waals surface area contributed by atoms with Crippen LogP contribution in [0.4, 0.5) is 19.7 Å². The Morgan fingerprint density at radius 3 is 2.13 bits per heavy atom. The van der Waals surface area contributed by atoms with Gasteiger partial charge in [-0.15, -0.1) is 0 Å². The molecule has 15 heteroatoms. The number of carbonyl (C=O) groups is 3. The zero-order valence-corrected chi connectivity index (χ0v) is 37.7. The van der Waals surface area contributed by atoms with Gasteiger partial charge in [-0.3, -0.25) is 14.7 Å². The van der Waals surface area contributed by atoms with Gasteiger partial charge >= 0.3 is 19.7 Å². The molecule has 4 aromatic rings. The minimum atomic E-state index is -3.62. The van der Waals surface area contributed by atoms with E-state index in [1.54, 1.807) is 26.0 Å². The summed E-state index contributed by atoms with van der Waals surface area (Å²) in [6.45, 7) is 10.8. The molecule has 0 fully saturated rings. The number of alkyl carbamates (subject to hydrolysis) is 1. The van der Waals surface area contributed by atoms with Gasteiger partial charge in [0.2, 0.25) is 5.91 Å². The predicted molar refractivity (Wildman–Crippen MR) is 244 cm³/mol. The molecule has 4 rings (SSSR count). The second-order valence-corrected chi connectivity index (χ2v) is 17.6. The molecule has 0 spiro atoms. The van der Waals surface area contributed by atoms with Crippen LogP contribution in [0, 0.1) is 17.7 Å². The number of hydrogen-bond donors (Lipinski definition) is 5. The van der Waals surface area contributed by atoms with E-state index in [4.69, 9.17) is 18.5 Å². The third-order valence-electron chi connectivity index (χ3n) is 9.16. The quantitative estimate of drug-likeness (QED) is 0.0277. The number of benzene rings is 4. The number of hydrogen-bond acceptors (Lipinski definition) is 9. The van der Waals surface area contributed by atoms with Crippen LogP contribution in [0.1, 0.15) is 88.3 Å². The van der Waals surface area contributed by atoms with Crippen LogP contribution in [-0.2, 0) is 36.1 Å². The van der Waals surface area contributed by atoms with E-state index in [0.29, 0.717) is 48.6 Å². The van der Waals surface area contributed by atoms with E-state index in [2.05, 4.69) is 38.4 Å². The van der Waals surface area contributed by atoms with Gasteiger partial charge in [0, 0.05) is 37.3 Å². The summed E-state index contributed by atoms with van der Waals surface area (Å²) in [5.74, 6) is 5.13. The van der Waals surface area contributed by atoms with E-state index in [1.165, 1.54) is 24.3 Å². The first-order valence-electron chi connectivity index (χ1n) is 21.3. The van der Waals surface area contributed by atoms with E-state index in [9.17, 15) is 23.3 Å². The van der Waals surface area contributed by atoms with Crippen molar-refractivity contribution in [3.8, 4) is 17.6 Å². The third-order valence-corrected chi connectivity index (χ3v) is 11.5. The number of nitrogens with one attached hydrogen (secondary N) is 5. The second-order valence-electron chi connectivity index (χ2n) is 15.5. The molecule has 63 heavy (non-hydrogen) atoms. The average Bonchev–Trinajstić information content (AvgIpc) is 3.24. The summed E-state index contributed by atoms with van der Waals surface area (Å²) in [6.07, 6.45) is 2.86. The molecule has 0 heterocycles. The molecule has 0 aliphatic carbocycles. The summed E-state index contributed by atoms with van der Waals surface area (Å²) < 4.78 is 50.3. The van der Waals surface area contributed by atoms with E-state index in [1.807, 2.05) is 87.5 Å². The SMILES string of the molecule is CCOP(=O)(OCC)C(NCc1ccccc1)c1cccc(OCC#Cc2cccc(CC(NC(=O)Nc3ccc(F)cc3)C(=O)NCCCCCCNC(=O)OC(C)(C)C)c2)c1. The van der Waals surface area contributed by atoms with Crippen molar-refractivity contribution in [2.24, 2.45) is 0 Å². The smallest absolute Gasteiger partial charge is 0.407 e. The van der Waals surface area contributed by atoms with Gasteiger partial charge in [0.25, 0.3) is 0 Å². The fraction of sp³-hybridized carbons (Fsp3) is 0.396. The number of anilines is 1. The first kappa shape index (κ1) is 49.9. The van der Waals surface area contributed by atoms with Crippen molar-refractivity contribution < 1.29 is 41.9 Å². The minimum Gasteiger partial charge on any atom is -0.481 e. The lowest BCUT2D eigenvalue weighted by molar-refractivity contribution is -0.122. The summed E-state index contributed by atoms with van der Waals surface area (Å²) >= 11 is 0. The lowest BCUT2D eigenvalue weighted by Gasteiger charge is -2.28. The Labute approximate surface area is 371 Å². The molecular weight excluding hydrogens is 825 g/mol. The van der Waals surface area contributed by atoms with Crippen molar-refractivity contribution >= 4 is 31.3 Å². The number of unbranched alkanes of at least 4 members (excludes halogenated alkanes) is 3. The van der Waals surface area contributed by atoms with Crippen molar-refractivity contribution in [1.82, 2.24) is 21.3 Å². The number of amides is 4. The van der Waals surface area contributed by atoms with Crippen LogP contribution in [-0.4, -0.2) is 62.6 Å². The number of urea groups is 1. The Morgan fingerprint density at radius 2 is 1.44 bits per heavy atom. The zero-order chi connectivity index (χ0) is 45.5. The van der Waals surface area contributed by atoms with Gasteiger partial charge in [0.1, 0.15) is 35.6 Å². The maximum atomic E-state index is 14.0. The van der Waals surface area contributed by atoms with Gasteiger partial charge in [-0.1, -0.05) is 79.3 Å². The van der Waals surface area contributed by atoms with E-state index >= 15 is 0 Å². The molecule has 0 saturated carbocycles. The van der Waals surface area contributed by atoms with Crippen LogP contribution in [0.3, 0.4) is 0 Å². The van der Waals surface area contributed by atoms with E-state index in [0.717, 1.165) is 30.4 Å². The standard InChI is InChI=1S/C48H61FN5O8P/c1-6-60-63(58,61-7-2)45(52-35-37-18-11-10-12-19-37)39-23-16-24-42(34-39)59-31-17-22-36-20-15-21-38(32-36)33-43(54-46(56)53-41-27-25-40(49)26-28-41)44(55)50-29-13-8-9-14-30-51-47(57)62-48(3,4)5/h10-12,15-16,18-21,23-28,32,34,43,45,52H,6-9,13-14,29-31,33,35H2,1-5H3,(H,50,55)(H,51,57)(H2,53,54,56). The summed E-state index contributed by atoms with van der Waals surface area (Å²) in [5, 5.41) is 14.5. The molecule has 0 saturated heterocycles. The topological polar surface area (TPSA) is 165 Å². The van der Waals surface area contributed by atoms with Gasteiger partial charge in [-0.05, 0) is 113 Å². The Bertz CT molecular complexity index is 2150. The Balaban J connectivity index is 1.37. The highest BCUT2D eigenvalue weighted by Crippen LogP contribution is 2.59. The third kappa shape index (κ3) is 18.7. The average molecular weight is 886 g/mol. The molecule has 0 aliphatic rings. The zero-order valence-electron chi connectivity index (χ0n) is 36.8. The Kier molecular flexibility index (Phi) is 20.6. The van der Waals surface area contributed by atoms with Crippen molar-refractivity contribution in [3.63, 3.8) is 0 Å². The van der Waals surface area contributed by atoms with E-state index < -0.39 is 43.0 Å². The number of rotatable bonds is 23. The van der Waals surface area contributed by atoms with Gasteiger partial charge < -0.3 is 39.8 Å². The highest BCUT2D eigenvalue weighted by atomic mass is 31.2. The molecule has 0 bridgehead atoms. The van der Waals surface area contributed by atoms with Crippen molar-refractivity contribution in [3.05, 3.63) is 131 Å². The maximum Gasteiger partial charge on any atom is 0.407 e. The Morgan fingerprint density at radius 1 is 0.778 bits per heavy atom. The fourth-order valence-electron chi connectivity index (χ4n) is 6.32. The monoisotopic (exact) mass is 885 g/mol. The van der Waals surface area contributed by atoms with Gasteiger partial charge in [0.05, 0.1) is 13.2 Å². The molecule has 13 nitrogen and oxygen atoms in total. The molecule has 338 valence electrons. The van der Waals surface area contributed by atoms with Gasteiger partial charge in [-0.2, -0.15) is 0 Å². The first-order valence-corrected chi connectivity index (χ1v) is 22.9. The minimum absolute atomic E-state index is 0.0563. The molecule has 2 unspecified atom stereocenters. The lowest BCUT2D eigenvalue weighted by Crippen LogP contribution is -2.49. The van der Waals surface area contributed by atoms with E-state index in [-0.39, 0.29) is 32.1 Å². The van der Waals surface area contributed by atoms with Crippen LogP contribution in [0.15, 0.2) is 103 Å². The number of halogens is 1. The fourth-order valence-corrected chi connectivity index (χ4v) is 8.26. The lowest BCUT2D eigenvalue weighted by atomic mass is 10.0. The van der Waals surface area contributed by atoms with Crippen LogP contribution < -0.4 is 31.3 Å². The largest absolute Gasteiger partial charge is 0.481 e. The van der Waals surface area contributed by atoms with Gasteiger partial charge in [0.15, 0.2) is 0 Å². The van der Waals surface area contributed by atoms with Crippen LogP contribution in [0.2, 0.25) is 0 Å². The summed E-state index contributed by atoms with van der Waals surface area (Å²) in [6, 6.07) is 28.2. The normalized spacial score (nSPS) is 12.2. The molecule has 0 radical (unpaired) electrons.